The van der Waals surface area contributed by atoms with Crippen molar-refractivity contribution in [1.82, 2.24) is 4.31 Å². The first kappa shape index (κ1) is 21.6. The lowest BCUT2D eigenvalue weighted by Crippen LogP contribution is -2.40. The zero-order valence-electron chi connectivity index (χ0n) is 15.2. The van der Waals surface area contributed by atoms with E-state index in [0.29, 0.717) is 37.7 Å². The molecule has 0 aromatic heterocycles. The molecule has 9 nitrogen and oxygen atoms in total. The zero-order valence-corrected chi connectivity index (χ0v) is 17.7. The molecule has 1 aliphatic rings. The molecule has 1 heterocycles. The number of rotatable bonds is 5. The Kier molecular flexibility index (Phi) is 6.51. The molecule has 3 rings (SSSR count). The third kappa shape index (κ3) is 5.50. The smallest absolute Gasteiger partial charge is 0.243 e. The van der Waals surface area contributed by atoms with Gasteiger partial charge in [-0.3, -0.25) is 0 Å². The van der Waals surface area contributed by atoms with Crippen LogP contribution in [0, 0.1) is 0 Å². The molecule has 0 bridgehead atoms. The minimum atomic E-state index is -3.77. The van der Waals surface area contributed by atoms with Crippen molar-refractivity contribution in [2.24, 2.45) is 5.14 Å². The average molecular weight is 457 g/mol. The lowest BCUT2D eigenvalue weighted by molar-refractivity contribution is 0.0730. The molecule has 0 spiro atoms. The van der Waals surface area contributed by atoms with E-state index in [0.717, 1.165) is 0 Å². The van der Waals surface area contributed by atoms with Crippen molar-refractivity contribution in [2.45, 2.75) is 9.79 Å². The summed E-state index contributed by atoms with van der Waals surface area (Å²) in [5.41, 5.74) is 1.05. The number of nitrogens with one attached hydrogen (secondary N) is 2. The minimum absolute atomic E-state index is 0.0112. The Bertz CT molecular complexity index is 1100. The van der Waals surface area contributed by atoms with Crippen LogP contribution in [0.5, 0.6) is 0 Å². The van der Waals surface area contributed by atoms with E-state index in [-0.39, 0.29) is 14.9 Å². The first-order valence-corrected chi connectivity index (χ1v) is 11.9. The Hall–Kier alpha value is -2.09. The van der Waals surface area contributed by atoms with Gasteiger partial charge in [-0.05, 0) is 54.7 Å². The summed E-state index contributed by atoms with van der Waals surface area (Å²) in [6, 6.07) is 12.1. The number of primary sulfonamides is 1. The van der Waals surface area contributed by atoms with Gasteiger partial charge in [-0.25, -0.2) is 22.0 Å². The summed E-state index contributed by atoms with van der Waals surface area (Å²) in [7, 11) is -7.39. The van der Waals surface area contributed by atoms with Crippen LogP contribution in [0.3, 0.4) is 0 Å². The van der Waals surface area contributed by atoms with Crippen molar-refractivity contribution < 1.29 is 21.6 Å². The van der Waals surface area contributed by atoms with E-state index in [9.17, 15) is 16.8 Å². The van der Waals surface area contributed by atoms with Crippen molar-refractivity contribution in [3.63, 3.8) is 0 Å². The maximum absolute atomic E-state index is 12.8. The molecule has 0 saturated carbocycles. The van der Waals surface area contributed by atoms with Gasteiger partial charge < -0.3 is 15.4 Å². The number of ether oxygens (including phenoxy) is 1. The van der Waals surface area contributed by atoms with Crippen LogP contribution in [0.15, 0.2) is 58.3 Å². The van der Waals surface area contributed by atoms with Crippen molar-refractivity contribution in [3.8, 4) is 0 Å². The predicted octanol–water partition coefficient (Wildman–Crippen LogP) is 1.16. The van der Waals surface area contributed by atoms with Crippen LogP contribution in [-0.2, 0) is 24.8 Å². The number of benzene rings is 2. The number of hydrogen-bond donors (Lipinski definition) is 3. The molecule has 0 atom stereocenters. The molecule has 4 N–H and O–H groups in total. The van der Waals surface area contributed by atoms with Gasteiger partial charge in [0.05, 0.1) is 23.0 Å². The largest absolute Gasteiger partial charge is 0.379 e. The topological polar surface area (TPSA) is 131 Å². The molecule has 2 aromatic rings. The summed E-state index contributed by atoms with van der Waals surface area (Å²) in [6.45, 7) is 1.37. The highest BCUT2D eigenvalue weighted by atomic mass is 32.2. The van der Waals surface area contributed by atoms with Crippen molar-refractivity contribution in [2.75, 3.05) is 36.9 Å². The van der Waals surface area contributed by atoms with E-state index in [2.05, 4.69) is 10.6 Å². The Balaban J connectivity index is 1.69. The van der Waals surface area contributed by atoms with Crippen LogP contribution in [0.2, 0.25) is 0 Å². The van der Waals surface area contributed by atoms with Gasteiger partial charge in [-0.15, -0.1) is 0 Å². The van der Waals surface area contributed by atoms with E-state index in [4.69, 9.17) is 22.1 Å². The Morgan fingerprint density at radius 2 is 1.55 bits per heavy atom. The van der Waals surface area contributed by atoms with E-state index in [1.54, 1.807) is 12.1 Å². The van der Waals surface area contributed by atoms with Gasteiger partial charge in [-0.1, -0.05) is 6.07 Å². The Morgan fingerprint density at radius 3 is 2.17 bits per heavy atom. The van der Waals surface area contributed by atoms with E-state index in [1.807, 2.05) is 0 Å². The molecular weight excluding hydrogens is 436 g/mol. The fourth-order valence-electron chi connectivity index (χ4n) is 2.69. The van der Waals surface area contributed by atoms with Crippen LogP contribution in [0.25, 0.3) is 0 Å². The number of thiocarbonyl (C=S) groups is 1. The molecule has 29 heavy (non-hydrogen) atoms. The van der Waals surface area contributed by atoms with Gasteiger partial charge in [0, 0.05) is 24.5 Å². The maximum Gasteiger partial charge on any atom is 0.243 e. The molecule has 1 saturated heterocycles. The van der Waals surface area contributed by atoms with Crippen LogP contribution in [0.4, 0.5) is 11.4 Å². The monoisotopic (exact) mass is 456 g/mol. The predicted molar refractivity (Wildman–Crippen MR) is 114 cm³/mol. The first-order chi connectivity index (χ1) is 13.7. The first-order valence-electron chi connectivity index (χ1n) is 8.55. The number of anilines is 2. The molecule has 0 aliphatic carbocycles. The lowest BCUT2D eigenvalue weighted by Gasteiger charge is -2.26. The van der Waals surface area contributed by atoms with Crippen LogP contribution < -0.4 is 15.8 Å². The fraction of sp³-hybridized carbons (Fsp3) is 0.235. The van der Waals surface area contributed by atoms with Crippen LogP contribution >= 0.6 is 12.2 Å². The van der Waals surface area contributed by atoms with Crippen LogP contribution in [-0.4, -0.2) is 52.6 Å². The third-order valence-corrected chi connectivity index (χ3v) is 7.17. The molecule has 1 aliphatic heterocycles. The Labute approximate surface area is 175 Å². The summed E-state index contributed by atoms with van der Waals surface area (Å²) >= 11 is 5.24. The quantitative estimate of drug-likeness (QED) is 0.572. The van der Waals surface area contributed by atoms with Crippen LogP contribution in [0.1, 0.15) is 0 Å². The summed E-state index contributed by atoms with van der Waals surface area (Å²) in [6.07, 6.45) is 0. The number of sulfonamides is 2. The molecule has 0 amide bonds. The summed E-state index contributed by atoms with van der Waals surface area (Å²) in [4.78, 5) is 0.146. The second kappa shape index (κ2) is 8.73. The number of nitrogens with two attached hydrogens (primary N) is 1. The van der Waals surface area contributed by atoms with E-state index < -0.39 is 20.0 Å². The second-order valence-electron chi connectivity index (χ2n) is 6.19. The minimum Gasteiger partial charge on any atom is -0.379 e. The maximum atomic E-state index is 12.8. The highest BCUT2D eigenvalue weighted by Crippen LogP contribution is 2.21. The number of hydrogen-bond acceptors (Lipinski definition) is 6. The normalized spacial score (nSPS) is 15.6. The van der Waals surface area contributed by atoms with Gasteiger partial charge in [0.1, 0.15) is 0 Å². The van der Waals surface area contributed by atoms with Crippen molar-refractivity contribution in [1.29, 1.82) is 0 Å². The van der Waals surface area contributed by atoms with Gasteiger partial charge in [0.25, 0.3) is 0 Å². The molecule has 1 fully saturated rings. The summed E-state index contributed by atoms with van der Waals surface area (Å²) in [5.74, 6) is 0. The van der Waals surface area contributed by atoms with Gasteiger partial charge in [0.2, 0.25) is 20.0 Å². The second-order valence-corrected chi connectivity index (χ2v) is 10.1. The van der Waals surface area contributed by atoms with E-state index in [1.165, 1.54) is 40.7 Å². The highest BCUT2D eigenvalue weighted by molar-refractivity contribution is 7.89. The zero-order chi connectivity index (χ0) is 21.1. The van der Waals surface area contributed by atoms with E-state index >= 15 is 0 Å². The lowest BCUT2D eigenvalue weighted by atomic mass is 10.3. The van der Waals surface area contributed by atoms with Crippen molar-refractivity contribution >= 4 is 48.8 Å². The highest BCUT2D eigenvalue weighted by Gasteiger charge is 2.26. The SMILES string of the molecule is NS(=O)(=O)c1ccc(NC(=S)Nc2cccc(S(=O)(=O)N3CCOCC3)c2)cc1. The standard InChI is InChI=1S/C17H20N4O5S3/c18-28(22,23)15-6-4-13(5-7-15)19-17(27)20-14-2-1-3-16(12-14)29(24,25)21-8-10-26-11-9-21/h1-7,12H,8-11H2,(H2,18,22,23)(H2,19,20,27). The molecule has 156 valence electrons. The third-order valence-electron chi connectivity index (χ3n) is 4.14. The fourth-order valence-corrected chi connectivity index (χ4v) is 4.90. The summed E-state index contributed by atoms with van der Waals surface area (Å²) in [5, 5.41) is 11.1. The van der Waals surface area contributed by atoms with Gasteiger partial charge in [-0.2, -0.15) is 4.31 Å². The molecule has 2 aromatic carbocycles. The Morgan fingerprint density at radius 1 is 0.931 bits per heavy atom. The number of morpholine rings is 1. The molecule has 0 radical (unpaired) electrons. The molecule has 0 unspecified atom stereocenters. The molecular formula is C17H20N4O5S3. The van der Waals surface area contributed by atoms with Crippen molar-refractivity contribution in [3.05, 3.63) is 48.5 Å². The summed E-state index contributed by atoms with van der Waals surface area (Å²) < 4.78 is 54.7. The number of nitrogens with zero attached hydrogens (tertiary/aromatic N) is 1. The average Bonchev–Trinajstić information content (AvgIpc) is 2.68. The van der Waals surface area contributed by atoms with Gasteiger partial charge >= 0.3 is 0 Å². The molecule has 12 heteroatoms. The van der Waals surface area contributed by atoms with Gasteiger partial charge in [0.15, 0.2) is 5.11 Å².